The lowest BCUT2D eigenvalue weighted by Crippen LogP contribution is -2.33. The molecule has 0 saturated carbocycles. The monoisotopic (exact) mass is 268 g/mol. The largest absolute Gasteiger partial charge is 0.388 e. The molecule has 1 N–H and O–H groups in total. The van der Waals surface area contributed by atoms with Crippen LogP contribution >= 0.6 is 34.8 Å². The molecule has 0 aliphatic heterocycles. The minimum atomic E-state index is -3.32. The zero-order valence-electron chi connectivity index (χ0n) is 7.00. The van der Waals surface area contributed by atoms with Gasteiger partial charge in [-0.3, -0.25) is 0 Å². The summed E-state index contributed by atoms with van der Waals surface area (Å²) in [4.78, 5) is 0. The molecule has 0 aliphatic carbocycles. The molecular formula is C6H11Cl3O3S. The van der Waals surface area contributed by atoms with Crippen LogP contribution in [0.5, 0.6) is 0 Å². The van der Waals surface area contributed by atoms with E-state index in [0.29, 0.717) is 6.42 Å². The van der Waals surface area contributed by atoms with Crippen molar-refractivity contribution in [1.82, 2.24) is 0 Å². The lowest BCUT2D eigenvalue weighted by Gasteiger charge is -2.18. The molecule has 7 heteroatoms. The van der Waals surface area contributed by atoms with Crippen LogP contribution in [-0.2, 0) is 9.84 Å². The molecule has 0 saturated heterocycles. The maximum absolute atomic E-state index is 11.2. The van der Waals surface area contributed by atoms with Gasteiger partial charge in [0.25, 0.3) is 0 Å². The van der Waals surface area contributed by atoms with Gasteiger partial charge in [-0.25, -0.2) is 8.42 Å². The Bertz CT molecular complexity index is 244. The van der Waals surface area contributed by atoms with Gasteiger partial charge in [0.15, 0.2) is 9.84 Å². The summed E-state index contributed by atoms with van der Waals surface area (Å²) in [6.45, 7) is 1.72. The summed E-state index contributed by atoms with van der Waals surface area (Å²) in [7, 11) is -3.32. The van der Waals surface area contributed by atoms with Crippen molar-refractivity contribution in [2.75, 3.05) is 11.5 Å². The van der Waals surface area contributed by atoms with Gasteiger partial charge in [-0.2, -0.15) is 0 Å². The molecule has 0 aliphatic rings. The third-order valence-corrected chi connectivity index (χ3v) is 3.91. The van der Waals surface area contributed by atoms with Crippen molar-refractivity contribution in [2.45, 2.75) is 23.2 Å². The minimum absolute atomic E-state index is 0.00912. The highest BCUT2D eigenvalue weighted by molar-refractivity contribution is 7.91. The molecule has 0 radical (unpaired) electrons. The van der Waals surface area contributed by atoms with Gasteiger partial charge >= 0.3 is 0 Å². The summed E-state index contributed by atoms with van der Waals surface area (Å²) < 4.78 is 20.4. The molecule has 0 amide bonds. The van der Waals surface area contributed by atoms with Crippen LogP contribution in [0.3, 0.4) is 0 Å². The van der Waals surface area contributed by atoms with Gasteiger partial charge in [0.05, 0.1) is 11.5 Å². The summed E-state index contributed by atoms with van der Waals surface area (Å²) in [5, 5.41) is 9.17. The normalized spacial score (nSPS) is 15.8. The van der Waals surface area contributed by atoms with Crippen molar-refractivity contribution in [3.63, 3.8) is 0 Å². The SMILES string of the molecule is CCCS(=O)(=O)CC(O)C(Cl)(Cl)Cl. The van der Waals surface area contributed by atoms with E-state index in [1.54, 1.807) is 6.92 Å². The molecule has 1 unspecified atom stereocenters. The van der Waals surface area contributed by atoms with E-state index in [1.807, 2.05) is 0 Å². The molecule has 0 heterocycles. The van der Waals surface area contributed by atoms with Crippen LogP contribution in [0, 0.1) is 0 Å². The Hall–Kier alpha value is 0.780. The fourth-order valence-electron chi connectivity index (χ4n) is 0.729. The fourth-order valence-corrected chi connectivity index (χ4v) is 2.76. The average Bonchev–Trinajstić information content (AvgIpc) is 1.83. The molecule has 1 atom stereocenters. The van der Waals surface area contributed by atoms with Gasteiger partial charge in [-0.15, -0.1) is 0 Å². The van der Waals surface area contributed by atoms with E-state index in [9.17, 15) is 13.5 Å². The van der Waals surface area contributed by atoms with E-state index in [2.05, 4.69) is 0 Å². The van der Waals surface area contributed by atoms with Crippen LogP contribution < -0.4 is 0 Å². The van der Waals surface area contributed by atoms with Crippen molar-refractivity contribution < 1.29 is 13.5 Å². The zero-order chi connectivity index (χ0) is 10.7. The number of aliphatic hydroxyl groups is 1. The lowest BCUT2D eigenvalue weighted by atomic mass is 10.5. The second-order valence-corrected chi connectivity index (χ2v) is 7.27. The van der Waals surface area contributed by atoms with Crippen LogP contribution in [0.4, 0.5) is 0 Å². The smallest absolute Gasteiger partial charge is 0.217 e. The Morgan fingerprint density at radius 1 is 1.38 bits per heavy atom. The Morgan fingerprint density at radius 2 is 1.85 bits per heavy atom. The van der Waals surface area contributed by atoms with Crippen molar-refractivity contribution in [2.24, 2.45) is 0 Å². The van der Waals surface area contributed by atoms with Gasteiger partial charge in [0.2, 0.25) is 3.79 Å². The second kappa shape index (κ2) is 5.03. The van der Waals surface area contributed by atoms with Crippen LogP contribution in [-0.4, -0.2) is 34.9 Å². The Kier molecular flexibility index (Phi) is 5.33. The number of halogens is 3. The van der Waals surface area contributed by atoms with Crippen LogP contribution in [0.25, 0.3) is 0 Å². The third kappa shape index (κ3) is 5.96. The highest BCUT2D eigenvalue weighted by atomic mass is 35.6. The van der Waals surface area contributed by atoms with E-state index >= 15 is 0 Å². The molecule has 0 aromatic heterocycles. The summed E-state index contributed by atoms with van der Waals surface area (Å²) in [5.74, 6) is -0.526. The quantitative estimate of drug-likeness (QED) is 0.788. The Morgan fingerprint density at radius 3 is 2.15 bits per heavy atom. The number of sulfone groups is 1. The second-order valence-electron chi connectivity index (χ2n) is 2.67. The lowest BCUT2D eigenvalue weighted by molar-refractivity contribution is 0.201. The average molecular weight is 270 g/mol. The van der Waals surface area contributed by atoms with Crippen LogP contribution in [0.15, 0.2) is 0 Å². The van der Waals surface area contributed by atoms with Crippen LogP contribution in [0.2, 0.25) is 0 Å². The first-order valence-electron chi connectivity index (χ1n) is 3.64. The van der Waals surface area contributed by atoms with Crippen molar-refractivity contribution in [3.8, 4) is 0 Å². The first-order chi connectivity index (χ1) is 5.69. The maximum Gasteiger partial charge on any atom is 0.217 e. The zero-order valence-corrected chi connectivity index (χ0v) is 10.1. The number of alkyl halides is 3. The predicted octanol–water partition coefficient (Wildman–Crippen LogP) is 1.54. The molecular weight excluding hydrogens is 258 g/mol. The molecule has 0 aromatic rings. The van der Waals surface area contributed by atoms with E-state index in [-0.39, 0.29) is 5.75 Å². The highest BCUT2D eigenvalue weighted by Gasteiger charge is 2.34. The first kappa shape index (κ1) is 13.8. The molecule has 0 aromatic carbocycles. The standard InChI is InChI=1S/C6H11Cl3O3S/c1-2-3-13(11,12)4-5(10)6(7,8)9/h5,10H,2-4H2,1H3. The summed E-state index contributed by atoms with van der Waals surface area (Å²) >= 11 is 15.9. The Labute approximate surface area is 92.9 Å². The van der Waals surface area contributed by atoms with E-state index < -0.39 is 25.5 Å². The fraction of sp³-hybridized carbons (Fsp3) is 1.00. The molecule has 0 rings (SSSR count). The number of rotatable bonds is 4. The Balaban J connectivity index is 4.29. The summed E-state index contributed by atoms with van der Waals surface area (Å²) in [5.41, 5.74) is 0. The van der Waals surface area contributed by atoms with Crippen molar-refractivity contribution in [3.05, 3.63) is 0 Å². The van der Waals surface area contributed by atoms with Crippen molar-refractivity contribution in [1.29, 1.82) is 0 Å². The third-order valence-electron chi connectivity index (χ3n) is 1.30. The highest BCUT2D eigenvalue weighted by Crippen LogP contribution is 2.30. The van der Waals surface area contributed by atoms with Gasteiger partial charge in [0.1, 0.15) is 6.10 Å². The summed E-state index contributed by atoms with van der Waals surface area (Å²) in [6, 6.07) is 0. The molecule has 0 fully saturated rings. The predicted molar refractivity (Wildman–Crippen MR) is 55.2 cm³/mol. The van der Waals surface area contributed by atoms with E-state index in [1.165, 1.54) is 0 Å². The van der Waals surface area contributed by atoms with E-state index in [0.717, 1.165) is 0 Å². The van der Waals surface area contributed by atoms with Gasteiger partial charge in [-0.1, -0.05) is 41.7 Å². The summed E-state index contributed by atoms with van der Waals surface area (Å²) in [6.07, 6.45) is -0.997. The molecule has 0 spiro atoms. The molecule has 3 nitrogen and oxygen atoms in total. The van der Waals surface area contributed by atoms with Gasteiger partial charge in [-0.05, 0) is 6.42 Å². The van der Waals surface area contributed by atoms with E-state index in [4.69, 9.17) is 34.8 Å². The first-order valence-corrected chi connectivity index (χ1v) is 6.60. The topological polar surface area (TPSA) is 54.4 Å². The molecule has 80 valence electrons. The minimum Gasteiger partial charge on any atom is -0.388 e. The molecule has 13 heavy (non-hydrogen) atoms. The van der Waals surface area contributed by atoms with Gasteiger partial charge < -0.3 is 5.11 Å². The van der Waals surface area contributed by atoms with Crippen molar-refractivity contribution >= 4 is 44.6 Å². The molecule has 0 bridgehead atoms. The maximum atomic E-state index is 11.2. The number of hydrogen-bond acceptors (Lipinski definition) is 3. The van der Waals surface area contributed by atoms with Gasteiger partial charge in [0, 0.05) is 0 Å². The van der Waals surface area contributed by atoms with Crippen LogP contribution in [0.1, 0.15) is 13.3 Å². The number of hydrogen-bond donors (Lipinski definition) is 1. The number of aliphatic hydroxyl groups excluding tert-OH is 1.